The standard InChI is InChI=1S/C11H18N2O/c1-2-9-8-12-11(14)13(9)10-6-4-3-5-7-10/h8,10H,2-7H2,1H3,(H,12,14). The van der Waals surface area contributed by atoms with E-state index in [0.717, 1.165) is 12.1 Å². The zero-order valence-corrected chi connectivity index (χ0v) is 8.75. The zero-order chi connectivity index (χ0) is 9.97. The molecule has 1 aliphatic carbocycles. The molecule has 0 atom stereocenters. The third kappa shape index (κ3) is 1.63. The molecule has 0 bridgehead atoms. The predicted molar refractivity (Wildman–Crippen MR) is 56.6 cm³/mol. The number of hydrogen-bond acceptors (Lipinski definition) is 1. The smallest absolute Gasteiger partial charge is 0.312 e. The first-order chi connectivity index (χ1) is 6.83. The van der Waals surface area contributed by atoms with Crippen LogP contribution in [0.2, 0.25) is 0 Å². The Kier molecular flexibility index (Phi) is 2.75. The van der Waals surface area contributed by atoms with Gasteiger partial charge in [0.2, 0.25) is 0 Å². The number of aryl methyl sites for hydroxylation is 1. The van der Waals surface area contributed by atoms with Crippen molar-refractivity contribution < 1.29 is 0 Å². The van der Waals surface area contributed by atoms with E-state index in [1.807, 2.05) is 10.8 Å². The number of nitrogens with zero attached hydrogens (tertiary/aromatic N) is 1. The molecule has 1 aromatic rings. The van der Waals surface area contributed by atoms with Gasteiger partial charge in [0.1, 0.15) is 0 Å². The van der Waals surface area contributed by atoms with E-state index in [1.54, 1.807) is 0 Å². The summed E-state index contributed by atoms with van der Waals surface area (Å²) in [4.78, 5) is 14.4. The number of hydrogen-bond donors (Lipinski definition) is 1. The first-order valence-electron chi connectivity index (χ1n) is 5.61. The van der Waals surface area contributed by atoms with E-state index in [0.29, 0.717) is 6.04 Å². The molecule has 1 saturated carbocycles. The molecular formula is C11H18N2O. The van der Waals surface area contributed by atoms with Crippen LogP contribution in [0, 0.1) is 0 Å². The summed E-state index contributed by atoms with van der Waals surface area (Å²) in [6.07, 6.45) is 9.01. The highest BCUT2D eigenvalue weighted by molar-refractivity contribution is 5.00. The number of rotatable bonds is 2. The second kappa shape index (κ2) is 4.03. The van der Waals surface area contributed by atoms with Crippen LogP contribution in [0.15, 0.2) is 11.0 Å². The van der Waals surface area contributed by atoms with Gasteiger partial charge in [-0.3, -0.25) is 4.57 Å². The third-order valence-electron chi connectivity index (χ3n) is 3.19. The van der Waals surface area contributed by atoms with Gasteiger partial charge >= 0.3 is 5.69 Å². The van der Waals surface area contributed by atoms with Gasteiger partial charge in [-0.05, 0) is 19.3 Å². The van der Waals surface area contributed by atoms with Crippen LogP contribution in [0.3, 0.4) is 0 Å². The molecule has 14 heavy (non-hydrogen) atoms. The highest BCUT2D eigenvalue weighted by Crippen LogP contribution is 2.27. The van der Waals surface area contributed by atoms with E-state index >= 15 is 0 Å². The van der Waals surface area contributed by atoms with Crippen molar-refractivity contribution in [1.82, 2.24) is 9.55 Å². The van der Waals surface area contributed by atoms with Crippen LogP contribution in [0.4, 0.5) is 0 Å². The molecule has 0 spiro atoms. The number of nitrogens with one attached hydrogen (secondary N) is 1. The maximum absolute atomic E-state index is 11.6. The molecule has 1 aliphatic rings. The van der Waals surface area contributed by atoms with Gasteiger partial charge < -0.3 is 4.98 Å². The van der Waals surface area contributed by atoms with E-state index in [-0.39, 0.29) is 5.69 Å². The van der Waals surface area contributed by atoms with Crippen molar-refractivity contribution in [1.29, 1.82) is 0 Å². The summed E-state index contributed by atoms with van der Waals surface area (Å²) in [5.74, 6) is 0. The fourth-order valence-electron chi connectivity index (χ4n) is 2.43. The lowest BCUT2D eigenvalue weighted by Crippen LogP contribution is -2.25. The summed E-state index contributed by atoms with van der Waals surface area (Å²) >= 11 is 0. The fraction of sp³-hybridized carbons (Fsp3) is 0.727. The Morgan fingerprint density at radius 1 is 1.43 bits per heavy atom. The molecule has 78 valence electrons. The first-order valence-corrected chi connectivity index (χ1v) is 5.61. The SMILES string of the molecule is CCc1c[nH]c(=O)n1C1CCCCC1. The van der Waals surface area contributed by atoms with Gasteiger partial charge in [-0.1, -0.05) is 26.2 Å². The zero-order valence-electron chi connectivity index (χ0n) is 8.75. The van der Waals surface area contributed by atoms with Gasteiger partial charge in [0.05, 0.1) is 0 Å². The Bertz CT molecular complexity index is 344. The van der Waals surface area contributed by atoms with Crippen molar-refractivity contribution in [2.24, 2.45) is 0 Å². The van der Waals surface area contributed by atoms with Crippen LogP contribution >= 0.6 is 0 Å². The van der Waals surface area contributed by atoms with Crippen molar-refractivity contribution in [2.75, 3.05) is 0 Å². The second-order valence-electron chi connectivity index (χ2n) is 4.10. The van der Waals surface area contributed by atoms with Crippen LogP contribution in [0.5, 0.6) is 0 Å². The minimum Gasteiger partial charge on any atom is -0.312 e. The van der Waals surface area contributed by atoms with Crippen molar-refractivity contribution >= 4 is 0 Å². The fourth-order valence-corrected chi connectivity index (χ4v) is 2.43. The van der Waals surface area contributed by atoms with Crippen LogP contribution < -0.4 is 5.69 Å². The molecule has 0 aliphatic heterocycles. The topological polar surface area (TPSA) is 37.8 Å². The lowest BCUT2D eigenvalue weighted by atomic mass is 9.95. The van der Waals surface area contributed by atoms with E-state index in [1.165, 1.54) is 32.1 Å². The van der Waals surface area contributed by atoms with Crippen LogP contribution in [0.25, 0.3) is 0 Å². The molecule has 1 N–H and O–H groups in total. The Morgan fingerprint density at radius 2 is 2.14 bits per heavy atom. The number of aromatic nitrogens is 2. The Balaban J connectivity index is 2.28. The highest BCUT2D eigenvalue weighted by atomic mass is 16.1. The van der Waals surface area contributed by atoms with Crippen molar-refractivity contribution in [3.05, 3.63) is 22.4 Å². The van der Waals surface area contributed by atoms with Gasteiger partial charge in [0.25, 0.3) is 0 Å². The summed E-state index contributed by atoms with van der Waals surface area (Å²) in [5, 5.41) is 0. The minimum absolute atomic E-state index is 0.0775. The molecule has 1 heterocycles. The van der Waals surface area contributed by atoms with Crippen molar-refractivity contribution in [3.63, 3.8) is 0 Å². The number of aromatic amines is 1. The lowest BCUT2D eigenvalue weighted by molar-refractivity contribution is 0.341. The second-order valence-corrected chi connectivity index (χ2v) is 4.10. The molecule has 0 unspecified atom stereocenters. The number of H-pyrrole nitrogens is 1. The monoisotopic (exact) mass is 194 g/mol. The summed E-state index contributed by atoms with van der Waals surface area (Å²) < 4.78 is 1.97. The largest absolute Gasteiger partial charge is 0.325 e. The van der Waals surface area contributed by atoms with Gasteiger partial charge in [0.15, 0.2) is 0 Å². The predicted octanol–water partition coefficient (Wildman–Crippen LogP) is 2.24. The van der Waals surface area contributed by atoms with Gasteiger partial charge in [-0.2, -0.15) is 0 Å². The van der Waals surface area contributed by atoms with Crippen molar-refractivity contribution in [2.45, 2.75) is 51.5 Å². The van der Waals surface area contributed by atoms with Gasteiger partial charge in [0, 0.05) is 17.9 Å². The Labute approximate surface area is 84.1 Å². The number of imidazole rings is 1. The normalized spacial score (nSPS) is 18.6. The van der Waals surface area contributed by atoms with E-state index in [2.05, 4.69) is 11.9 Å². The Morgan fingerprint density at radius 3 is 2.79 bits per heavy atom. The summed E-state index contributed by atoms with van der Waals surface area (Å²) in [6, 6.07) is 0.456. The first kappa shape index (κ1) is 9.56. The molecular weight excluding hydrogens is 176 g/mol. The molecule has 2 rings (SSSR count). The van der Waals surface area contributed by atoms with Crippen LogP contribution in [-0.4, -0.2) is 9.55 Å². The quantitative estimate of drug-likeness (QED) is 0.770. The third-order valence-corrected chi connectivity index (χ3v) is 3.19. The Hall–Kier alpha value is -0.990. The average Bonchev–Trinajstić information content (AvgIpc) is 2.61. The molecule has 0 aromatic carbocycles. The summed E-state index contributed by atoms with van der Waals surface area (Å²) in [6.45, 7) is 2.10. The molecule has 3 heteroatoms. The van der Waals surface area contributed by atoms with Crippen LogP contribution in [-0.2, 0) is 6.42 Å². The van der Waals surface area contributed by atoms with E-state index < -0.39 is 0 Å². The van der Waals surface area contributed by atoms with Crippen LogP contribution in [0.1, 0.15) is 50.8 Å². The maximum atomic E-state index is 11.6. The lowest BCUT2D eigenvalue weighted by Gasteiger charge is -2.23. The molecule has 0 amide bonds. The molecule has 1 fully saturated rings. The molecule has 0 radical (unpaired) electrons. The molecule has 3 nitrogen and oxygen atoms in total. The maximum Gasteiger partial charge on any atom is 0.325 e. The minimum atomic E-state index is 0.0775. The summed E-state index contributed by atoms with van der Waals surface area (Å²) in [5.41, 5.74) is 1.23. The van der Waals surface area contributed by atoms with Gasteiger partial charge in [-0.15, -0.1) is 0 Å². The van der Waals surface area contributed by atoms with E-state index in [9.17, 15) is 4.79 Å². The van der Waals surface area contributed by atoms with Crippen molar-refractivity contribution in [3.8, 4) is 0 Å². The molecule has 1 aromatic heterocycles. The summed E-state index contributed by atoms with van der Waals surface area (Å²) in [7, 11) is 0. The van der Waals surface area contributed by atoms with Gasteiger partial charge in [-0.25, -0.2) is 4.79 Å². The van der Waals surface area contributed by atoms with E-state index in [4.69, 9.17) is 0 Å². The highest BCUT2D eigenvalue weighted by Gasteiger charge is 2.18. The molecule has 0 saturated heterocycles. The average molecular weight is 194 g/mol.